The number of fused-ring (bicyclic) bond motifs is 1. The number of rotatable bonds is 8. The molecule has 8 nitrogen and oxygen atoms in total. The summed E-state index contributed by atoms with van der Waals surface area (Å²) in [5.41, 5.74) is -1.32. The third-order valence-electron chi connectivity index (χ3n) is 6.00. The Hall–Kier alpha value is -4.44. The van der Waals surface area contributed by atoms with Gasteiger partial charge in [0.2, 0.25) is 0 Å². The quantitative estimate of drug-likeness (QED) is 0.0530. The zero-order valence-electron chi connectivity index (χ0n) is 24.1. The van der Waals surface area contributed by atoms with Gasteiger partial charge in [0.15, 0.2) is 5.69 Å². The molecule has 16 heteroatoms. The molecule has 46 heavy (non-hydrogen) atoms. The van der Waals surface area contributed by atoms with Crippen LogP contribution in [0.25, 0.3) is 16.6 Å². The fourth-order valence-corrected chi connectivity index (χ4v) is 5.52. The second kappa shape index (κ2) is 14.8. The molecule has 0 fully saturated rings. The first-order chi connectivity index (χ1) is 21.8. The van der Waals surface area contributed by atoms with E-state index in [4.69, 9.17) is 0 Å². The van der Waals surface area contributed by atoms with Crippen molar-refractivity contribution < 1.29 is 31.3 Å². The van der Waals surface area contributed by atoms with Gasteiger partial charge in [0.1, 0.15) is 5.69 Å². The Morgan fingerprint density at radius 3 is 2.11 bits per heavy atom. The minimum atomic E-state index is -4.75. The van der Waals surface area contributed by atoms with E-state index in [0.717, 1.165) is 45.5 Å². The Balaban J connectivity index is 0.000000209. The van der Waals surface area contributed by atoms with Crippen molar-refractivity contribution in [2.24, 2.45) is 4.99 Å². The zero-order chi connectivity index (χ0) is 33.5. The number of nitrogens with zero attached hydrogens (tertiary/aromatic N) is 6. The van der Waals surface area contributed by atoms with Gasteiger partial charge in [-0.25, -0.2) is 4.68 Å². The second-order valence-corrected chi connectivity index (χ2v) is 11.8. The van der Waals surface area contributed by atoms with Crippen LogP contribution in [0.5, 0.6) is 0 Å². The van der Waals surface area contributed by atoms with Crippen LogP contribution in [0, 0.1) is 10.1 Å². The van der Waals surface area contributed by atoms with Crippen molar-refractivity contribution in [2.75, 3.05) is 11.5 Å². The molecule has 0 aliphatic heterocycles. The van der Waals surface area contributed by atoms with Crippen molar-refractivity contribution in [1.82, 2.24) is 19.7 Å². The maximum absolute atomic E-state index is 12.7. The lowest BCUT2D eigenvalue weighted by atomic mass is 10.2. The second-order valence-electron chi connectivity index (χ2n) is 9.14. The summed E-state index contributed by atoms with van der Waals surface area (Å²) in [7, 11) is 0. The molecule has 5 rings (SSSR count). The molecule has 3 heterocycles. The Morgan fingerprint density at radius 2 is 1.46 bits per heavy atom. The van der Waals surface area contributed by atoms with E-state index in [1.807, 2.05) is 50.2 Å². The van der Waals surface area contributed by atoms with Crippen LogP contribution in [-0.4, -0.2) is 42.4 Å². The number of hydrogen-bond donors (Lipinski definition) is 0. The number of aromatic nitrogens is 4. The molecule has 3 aromatic heterocycles. The van der Waals surface area contributed by atoms with Crippen LogP contribution in [0.1, 0.15) is 30.8 Å². The highest BCUT2D eigenvalue weighted by Gasteiger charge is 2.35. The van der Waals surface area contributed by atoms with Gasteiger partial charge in [-0.05, 0) is 41.8 Å². The first-order valence-electron chi connectivity index (χ1n) is 13.4. The predicted molar refractivity (Wildman–Crippen MR) is 166 cm³/mol. The maximum Gasteiger partial charge on any atom is 0.433 e. The zero-order valence-corrected chi connectivity index (χ0v) is 25.7. The van der Waals surface area contributed by atoms with E-state index >= 15 is 0 Å². The molecule has 0 atom stereocenters. The first kappa shape index (κ1) is 34.4. The molecule has 0 bridgehead atoms. The number of thioether (sulfide) groups is 2. The van der Waals surface area contributed by atoms with E-state index in [9.17, 15) is 36.5 Å². The molecule has 0 aliphatic carbocycles. The predicted octanol–water partition coefficient (Wildman–Crippen LogP) is 9.42. The molecule has 2 aromatic carbocycles. The van der Waals surface area contributed by atoms with Crippen molar-refractivity contribution in [1.29, 1.82) is 0 Å². The number of nitro groups is 1. The van der Waals surface area contributed by atoms with E-state index in [2.05, 4.69) is 20.1 Å². The van der Waals surface area contributed by atoms with Gasteiger partial charge in [0, 0.05) is 46.0 Å². The lowest BCUT2D eigenvalue weighted by Crippen LogP contribution is -2.09. The summed E-state index contributed by atoms with van der Waals surface area (Å²) in [5.74, 6) is 1.71. The standard InChI is InChI=1S/C15H12F3N3O2S.C15H12F3N3S/c1-2-24-13-6-4-3-5-11(13)19-8-10-9-20-14(15(16,17)18)7-12(10)21(22)23;1-2-22-13-6-4-3-5-12(13)21-9-10-8-19-14(15(16,17)18)7-11(10)20-21/h3-9H,2H2,1H3;3-9H,2H2,1H3. The van der Waals surface area contributed by atoms with E-state index in [0.29, 0.717) is 17.1 Å². The monoisotopic (exact) mass is 678 g/mol. The maximum atomic E-state index is 12.7. The first-order valence-corrected chi connectivity index (χ1v) is 15.4. The SMILES string of the molecule is CCSc1ccccc1-n1cc2cnc(C(F)(F)F)cc2n1.CCSc1ccccc1N=Cc1cnc(C(F)(F)F)cc1[N+](=O)[O-]. The van der Waals surface area contributed by atoms with Crippen molar-refractivity contribution in [3.05, 3.63) is 106 Å². The fourth-order valence-electron chi connectivity index (χ4n) is 3.97. The Labute approximate surface area is 267 Å². The number of aliphatic imine (C=N–C) groups is 1. The van der Waals surface area contributed by atoms with Gasteiger partial charge in [-0.1, -0.05) is 38.1 Å². The van der Waals surface area contributed by atoms with E-state index in [1.165, 1.54) is 6.20 Å². The fraction of sp³-hybridized carbons (Fsp3) is 0.200. The number of pyridine rings is 2. The minimum absolute atomic E-state index is 0.0932. The number of alkyl halides is 6. The average Bonchev–Trinajstić information content (AvgIpc) is 3.44. The summed E-state index contributed by atoms with van der Waals surface area (Å²) in [6, 6.07) is 16.2. The van der Waals surface area contributed by atoms with Crippen molar-refractivity contribution in [3.8, 4) is 5.69 Å². The van der Waals surface area contributed by atoms with Gasteiger partial charge in [0.25, 0.3) is 5.69 Å². The van der Waals surface area contributed by atoms with Crippen LogP contribution < -0.4 is 0 Å². The van der Waals surface area contributed by atoms with Crippen LogP contribution in [0.3, 0.4) is 0 Å². The van der Waals surface area contributed by atoms with Crippen LogP contribution >= 0.6 is 23.5 Å². The van der Waals surface area contributed by atoms with Gasteiger partial charge in [-0.3, -0.25) is 25.1 Å². The Bertz CT molecular complexity index is 1860. The highest BCUT2D eigenvalue weighted by molar-refractivity contribution is 7.99. The molecule has 0 N–H and O–H groups in total. The summed E-state index contributed by atoms with van der Waals surface area (Å²) in [6.45, 7) is 4.01. The smallest absolute Gasteiger partial charge is 0.258 e. The molecule has 0 spiro atoms. The number of benzene rings is 2. The van der Waals surface area contributed by atoms with Crippen molar-refractivity contribution >= 4 is 52.0 Å². The van der Waals surface area contributed by atoms with Gasteiger partial charge in [-0.15, -0.1) is 23.5 Å². The average molecular weight is 679 g/mol. The molecule has 5 aromatic rings. The lowest BCUT2D eigenvalue weighted by Gasteiger charge is -2.07. The Kier molecular flexibility index (Phi) is 11.1. The van der Waals surface area contributed by atoms with Gasteiger partial charge >= 0.3 is 12.4 Å². The highest BCUT2D eigenvalue weighted by Crippen LogP contribution is 2.33. The van der Waals surface area contributed by atoms with E-state index in [-0.39, 0.29) is 11.1 Å². The molecular weight excluding hydrogens is 654 g/mol. The number of halogens is 6. The molecular formula is C30H24F6N6O2S2. The molecule has 0 radical (unpaired) electrons. The van der Waals surface area contributed by atoms with Crippen LogP contribution in [0.2, 0.25) is 0 Å². The molecule has 0 saturated carbocycles. The Morgan fingerprint density at radius 1 is 0.870 bits per heavy atom. The summed E-state index contributed by atoms with van der Waals surface area (Å²) in [4.78, 5) is 22.9. The lowest BCUT2D eigenvalue weighted by molar-refractivity contribution is -0.385. The summed E-state index contributed by atoms with van der Waals surface area (Å²) in [6.07, 6.45) is -4.35. The van der Waals surface area contributed by atoms with Crippen LogP contribution in [-0.2, 0) is 12.4 Å². The van der Waals surface area contributed by atoms with Crippen LogP contribution in [0.4, 0.5) is 37.7 Å². The molecule has 0 saturated heterocycles. The molecule has 0 amide bonds. The topological polar surface area (TPSA) is 99.1 Å². The van der Waals surface area contributed by atoms with Crippen LogP contribution in [0.15, 0.2) is 94.0 Å². The highest BCUT2D eigenvalue weighted by atomic mass is 32.2. The van der Waals surface area contributed by atoms with Crippen molar-refractivity contribution in [2.45, 2.75) is 36.0 Å². The van der Waals surface area contributed by atoms with E-state index in [1.54, 1.807) is 46.5 Å². The largest absolute Gasteiger partial charge is 0.433 e. The number of hydrogen-bond acceptors (Lipinski definition) is 8. The molecule has 240 valence electrons. The van der Waals surface area contributed by atoms with Gasteiger partial charge < -0.3 is 0 Å². The summed E-state index contributed by atoms with van der Waals surface area (Å²) >= 11 is 3.20. The third kappa shape index (κ3) is 8.63. The van der Waals surface area contributed by atoms with Gasteiger partial charge in [-0.2, -0.15) is 31.4 Å². The molecule has 0 unspecified atom stereocenters. The molecule has 0 aliphatic rings. The van der Waals surface area contributed by atoms with E-state index < -0.39 is 34.4 Å². The summed E-state index contributed by atoms with van der Waals surface area (Å²) < 4.78 is 77.6. The third-order valence-corrected chi connectivity index (χ3v) is 7.89. The normalized spacial score (nSPS) is 11.9. The number of para-hydroxylation sites is 2. The summed E-state index contributed by atoms with van der Waals surface area (Å²) in [5, 5.41) is 15.9. The van der Waals surface area contributed by atoms with Crippen molar-refractivity contribution in [3.63, 3.8) is 0 Å². The van der Waals surface area contributed by atoms with Gasteiger partial charge in [0.05, 0.1) is 27.4 Å². The minimum Gasteiger partial charge on any atom is -0.258 e.